The molecule has 4 atom stereocenters. The van der Waals surface area contributed by atoms with Crippen molar-refractivity contribution in [1.29, 1.82) is 0 Å². The molecule has 126 valence electrons. The first-order valence-corrected chi connectivity index (χ1v) is 7.89. The monoisotopic (exact) mass is 320 g/mol. The minimum Gasteiger partial charge on any atom is -0.508 e. The topological polar surface area (TPSA) is 83.8 Å². The van der Waals surface area contributed by atoms with E-state index in [2.05, 4.69) is 0 Å². The van der Waals surface area contributed by atoms with Gasteiger partial charge in [-0.15, -0.1) is 0 Å². The van der Waals surface area contributed by atoms with Crippen LogP contribution in [0.15, 0.2) is 35.6 Å². The van der Waals surface area contributed by atoms with Gasteiger partial charge in [0.15, 0.2) is 11.6 Å². The van der Waals surface area contributed by atoms with Crippen LogP contribution in [0.1, 0.15) is 34.1 Å². The molecule has 3 fully saturated rings. The summed E-state index contributed by atoms with van der Waals surface area (Å²) in [6.07, 6.45) is 6.27. The maximum atomic E-state index is 12.9. The van der Waals surface area contributed by atoms with Gasteiger partial charge in [-0.25, -0.2) is 0 Å². The third-order valence-corrected chi connectivity index (χ3v) is 4.97. The molecule has 0 radical (unpaired) electrons. The van der Waals surface area contributed by atoms with Gasteiger partial charge in [0.2, 0.25) is 0 Å². The van der Waals surface area contributed by atoms with E-state index in [1.54, 1.807) is 25.2 Å². The molecule has 2 bridgehead atoms. The van der Waals surface area contributed by atoms with Crippen molar-refractivity contribution >= 4 is 11.6 Å². The maximum absolute atomic E-state index is 12.9. The molecule has 0 aliphatic heterocycles. The van der Waals surface area contributed by atoms with Crippen LogP contribution in [0, 0.1) is 11.3 Å². The number of carbonyl (C=O) groups is 2. The van der Waals surface area contributed by atoms with Crippen LogP contribution in [0.5, 0.6) is 0 Å². The summed E-state index contributed by atoms with van der Waals surface area (Å²) >= 11 is 0. The SMILES string of the molecule is C/C=C/C=C/C(O)=C1/C(=O)[C@]2(C)C(=O)[C@@](C)(O)[C@H]1C[C@H]2OCC. The van der Waals surface area contributed by atoms with Crippen molar-refractivity contribution in [3.8, 4) is 0 Å². The molecular formula is C18H24O5. The highest BCUT2D eigenvalue weighted by molar-refractivity contribution is 6.21. The lowest BCUT2D eigenvalue weighted by Gasteiger charge is -2.54. The third-order valence-electron chi connectivity index (χ3n) is 4.97. The van der Waals surface area contributed by atoms with Crippen molar-refractivity contribution in [2.75, 3.05) is 6.61 Å². The van der Waals surface area contributed by atoms with Crippen molar-refractivity contribution in [2.45, 2.75) is 45.8 Å². The number of fused-ring (bicyclic) bond motifs is 3. The molecule has 0 saturated heterocycles. The summed E-state index contributed by atoms with van der Waals surface area (Å²) in [5.74, 6) is -1.95. The van der Waals surface area contributed by atoms with Crippen molar-refractivity contribution in [2.24, 2.45) is 11.3 Å². The molecule has 0 heterocycles. The number of ketones is 2. The van der Waals surface area contributed by atoms with Crippen LogP contribution < -0.4 is 0 Å². The van der Waals surface area contributed by atoms with Gasteiger partial charge in [0.05, 0.1) is 6.10 Å². The number of rotatable bonds is 4. The van der Waals surface area contributed by atoms with Crippen molar-refractivity contribution in [3.05, 3.63) is 35.6 Å². The van der Waals surface area contributed by atoms with E-state index in [-0.39, 0.29) is 11.3 Å². The van der Waals surface area contributed by atoms with Crippen LogP contribution >= 0.6 is 0 Å². The molecule has 23 heavy (non-hydrogen) atoms. The van der Waals surface area contributed by atoms with E-state index in [0.29, 0.717) is 13.0 Å². The van der Waals surface area contributed by atoms with Gasteiger partial charge in [-0.2, -0.15) is 0 Å². The quantitative estimate of drug-likeness (QED) is 0.359. The molecule has 0 spiro atoms. The minimum absolute atomic E-state index is 0.119. The second-order valence-corrected chi connectivity index (χ2v) is 6.42. The van der Waals surface area contributed by atoms with Crippen LogP contribution in [0.3, 0.4) is 0 Å². The van der Waals surface area contributed by atoms with Crippen LogP contribution in [0.4, 0.5) is 0 Å². The smallest absolute Gasteiger partial charge is 0.180 e. The van der Waals surface area contributed by atoms with E-state index in [4.69, 9.17) is 4.74 Å². The Kier molecular flexibility index (Phi) is 4.64. The molecule has 0 aromatic carbocycles. The summed E-state index contributed by atoms with van der Waals surface area (Å²) in [4.78, 5) is 25.6. The fourth-order valence-corrected chi connectivity index (χ4v) is 3.67. The average Bonchev–Trinajstić information content (AvgIpc) is 2.49. The zero-order chi connectivity index (χ0) is 17.4. The lowest BCUT2D eigenvalue weighted by molar-refractivity contribution is -0.186. The summed E-state index contributed by atoms with van der Waals surface area (Å²) in [7, 11) is 0. The lowest BCUT2D eigenvalue weighted by Crippen LogP contribution is -2.69. The van der Waals surface area contributed by atoms with Gasteiger partial charge in [-0.1, -0.05) is 18.2 Å². The van der Waals surface area contributed by atoms with Crippen LogP contribution in [-0.4, -0.2) is 40.1 Å². The molecule has 0 unspecified atom stereocenters. The Labute approximate surface area is 136 Å². The van der Waals surface area contributed by atoms with E-state index < -0.39 is 34.6 Å². The van der Waals surface area contributed by atoms with Gasteiger partial charge in [0.1, 0.15) is 16.8 Å². The second-order valence-electron chi connectivity index (χ2n) is 6.42. The Morgan fingerprint density at radius 3 is 2.57 bits per heavy atom. The van der Waals surface area contributed by atoms with E-state index >= 15 is 0 Å². The molecule has 3 rings (SSSR count). The fourth-order valence-electron chi connectivity index (χ4n) is 3.67. The predicted molar refractivity (Wildman–Crippen MR) is 85.9 cm³/mol. The zero-order valence-electron chi connectivity index (χ0n) is 14.0. The Balaban J connectivity index is 2.57. The fraction of sp³-hybridized carbons (Fsp3) is 0.556. The van der Waals surface area contributed by atoms with E-state index in [9.17, 15) is 19.8 Å². The standard InChI is InChI=1S/C18H24O5/c1-5-7-8-9-12(19)14-11-10-13(23-6-2)17(3,15(14)20)16(21)18(11,4)22/h5,7-9,11,13,19,22H,6,10H2,1-4H3/b7-5+,9-8+,14-12-/t11-,13+,17+,18-/m0/s1. The number of aliphatic hydroxyl groups excluding tert-OH is 1. The minimum atomic E-state index is -1.69. The first kappa shape index (κ1) is 17.6. The van der Waals surface area contributed by atoms with E-state index in [0.717, 1.165) is 0 Å². The number of aliphatic hydroxyl groups is 2. The number of hydrogen-bond donors (Lipinski definition) is 2. The van der Waals surface area contributed by atoms with Gasteiger partial charge in [-0.05, 0) is 40.2 Å². The first-order chi connectivity index (χ1) is 10.7. The molecular weight excluding hydrogens is 296 g/mol. The normalized spacial score (nSPS) is 39.7. The summed E-state index contributed by atoms with van der Waals surface area (Å²) in [6, 6.07) is 0. The van der Waals surface area contributed by atoms with Crippen molar-refractivity contribution in [3.63, 3.8) is 0 Å². The molecule has 2 N–H and O–H groups in total. The van der Waals surface area contributed by atoms with Gasteiger partial charge in [0.25, 0.3) is 0 Å². The number of carbonyl (C=O) groups excluding carboxylic acids is 2. The van der Waals surface area contributed by atoms with Gasteiger partial charge < -0.3 is 14.9 Å². The number of Topliss-reactive ketones (excluding diaryl/α,β-unsaturated/α-hetero) is 2. The zero-order valence-corrected chi connectivity index (χ0v) is 14.0. The van der Waals surface area contributed by atoms with Crippen molar-refractivity contribution in [1.82, 2.24) is 0 Å². The molecule has 0 aromatic rings. The Morgan fingerprint density at radius 1 is 1.35 bits per heavy atom. The van der Waals surface area contributed by atoms with Crippen molar-refractivity contribution < 1.29 is 24.5 Å². The maximum Gasteiger partial charge on any atom is 0.180 e. The predicted octanol–water partition coefficient (Wildman–Crippen LogP) is 2.26. The first-order valence-electron chi connectivity index (χ1n) is 7.89. The largest absolute Gasteiger partial charge is 0.508 e. The van der Waals surface area contributed by atoms with Gasteiger partial charge in [0, 0.05) is 18.1 Å². The molecule has 5 nitrogen and oxygen atoms in total. The molecule has 3 aliphatic carbocycles. The average molecular weight is 320 g/mol. The second kappa shape index (κ2) is 6.06. The third kappa shape index (κ3) is 2.48. The lowest BCUT2D eigenvalue weighted by atomic mass is 9.50. The van der Waals surface area contributed by atoms with Gasteiger partial charge >= 0.3 is 0 Å². The molecule has 3 aliphatic rings. The van der Waals surface area contributed by atoms with E-state index in [1.807, 2.05) is 6.92 Å². The summed E-state index contributed by atoms with van der Waals surface area (Å²) < 4.78 is 5.59. The van der Waals surface area contributed by atoms with E-state index in [1.165, 1.54) is 19.9 Å². The molecule has 3 saturated carbocycles. The molecule has 0 aromatic heterocycles. The van der Waals surface area contributed by atoms with Gasteiger partial charge in [-0.3, -0.25) is 9.59 Å². The Morgan fingerprint density at radius 2 is 2.00 bits per heavy atom. The summed E-state index contributed by atoms with van der Waals surface area (Å²) in [5, 5.41) is 21.0. The van der Waals surface area contributed by atoms with Crippen LogP contribution in [-0.2, 0) is 14.3 Å². The number of allylic oxidation sites excluding steroid dienone is 4. The Hall–Kier alpha value is -1.72. The molecule has 0 amide bonds. The highest BCUT2D eigenvalue weighted by Gasteiger charge is 2.68. The highest BCUT2D eigenvalue weighted by atomic mass is 16.5. The molecule has 5 heteroatoms. The summed E-state index contributed by atoms with van der Waals surface area (Å²) in [6.45, 7) is 6.93. The number of ether oxygens (including phenoxy) is 1. The Bertz CT molecular complexity index is 611. The summed E-state index contributed by atoms with van der Waals surface area (Å²) in [5.41, 5.74) is -3.03. The van der Waals surface area contributed by atoms with Crippen LogP contribution in [0.25, 0.3) is 0 Å². The van der Waals surface area contributed by atoms with Crippen LogP contribution in [0.2, 0.25) is 0 Å². The number of hydrogen-bond acceptors (Lipinski definition) is 5. The highest BCUT2D eigenvalue weighted by Crippen LogP contribution is 2.54.